The van der Waals surface area contributed by atoms with E-state index in [0.717, 1.165) is 57.8 Å². The van der Waals surface area contributed by atoms with E-state index >= 15 is 0 Å². The quantitative estimate of drug-likeness (QED) is 0.112. The summed E-state index contributed by atoms with van der Waals surface area (Å²) < 4.78 is 32.4. The number of hydrogen-bond acceptors (Lipinski definition) is 10. The lowest BCUT2D eigenvalue weighted by Gasteiger charge is -2.18. The molecule has 6 aliphatic rings. The first kappa shape index (κ1) is 33.1. The zero-order chi connectivity index (χ0) is 30.9. The van der Waals surface area contributed by atoms with Crippen LogP contribution >= 0.6 is 0 Å². The van der Waals surface area contributed by atoms with Gasteiger partial charge in [-0.2, -0.15) is 0 Å². The van der Waals surface area contributed by atoms with E-state index in [4.69, 9.17) is 33.5 Å². The maximum Gasteiger partial charge on any atom is 0.305 e. The van der Waals surface area contributed by atoms with Crippen LogP contribution in [0.1, 0.15) is 109 Å². The average Bonchev–Trinajstić information content (AvgIpc) is 3.90. The van der Waals surface area contributed by atoms with Crippen LogP contribution in [0.15, 0.2) is 0 Å². The molecule has 9 atom stereocenters. The number of epoxide rings is 3. The van der Waals surface area contributed by atoms with Crippen molar-refractivity contribution in [3.8, 4) is 0 Å². The fraction of sp³-hybridized carbons (Fsp3) is 0.879. The summed E-state index contributed by atoms with van der Waals surface area (Å²) in [4.78, 5) is 45.3. The van der Waals surface area contributed by atoms with Crippen LogP contribution in [-0.4, -0.2) is 85.4 Å². The maximum absolute atomic E-state index is 11.8. The number of carboxylic acids is 1. The van der Waals surface area contributed by atoms with Gasteiger partial charge in [0.05, 0.1) is 56.4 Å². The van der Waals surface area contributed by atoms with Crippen molar-refractivity contribution in [1.82, 2.24) is 0 Å². The largest absolute Gasteiger partial charge is 0.481 e. The summed E-state index contributed by atoms with van der Waals surface area (Å²) >= 11 is 0. The van der Waals surface area contributed by atoms with Gasteiger partial charge in [-0.3, -0.25) is 19.2 Å². The van der Waals surface area contributed by atoms with Gasteiger partial charge < -0.3 is 33.5 Å². The van der Waals surface area contributed by atoms with Gasteiger partial charge in [-0.25, -0.2) is 0 Å². The Morgan fingerprint density at radius 3 is 1.09 bits per heavy atom. The summed E-state index contributed by atoms with van der Waals surface area (Å²) in [5, 5.41) is 8.45. The minimum Gasteiger partial charge on any atom is -0.481 e. The lowest BCUT2D eigenvalue weighted by molar-refractivity contribution is -0.147. The van der Waals surface area contributed by atoms with Crippen LogP contribution in [0.3, 0.4) is 0 Å². The topological polar surface area (TPSA) is 154 Å². The van der Waals surface area contributed by atoms with Crippen LogP contribution in [0.2, 0.25) is 0 Å². The number of carbonyl (C=O) groups excluding carboxylic acids is 3. The Bertz CT molecular complexity index is 939. The summed E-state index contributed by atoms with van der Waals surface area (Å²) in [6, 6.07) is 0. The number of esters is 3. The van der Waals surface area contributed by atoms with Crippen molar-refractivity contribution in [2.75, 3.05) is 19.8 Å². The van der Waals surface area contributed by atoms with Crippen LogP contribution < -0.4 is 0 Å². The minimum absolute atomic E-state index is 0.121. The summed E-state index contributed by atoms with van der Waals surface area (Å²) in [5.41, 5.74) is 0. The molecule has 0 amide bonds. The third-order valence-electron chi connectivity index (χ3n) is 9.81. The number of ether oxygens (including phenoxy) is 6. The molecule has 3 heterocycles. The molecule has 6 rings (SSSR count). The molecule has 11 heteroatoms. The molecule has 248 valence electrons. The van der Waals surface area contributed by atoms with E-state index < -0.39 is 5.97 Å². The lowest BCUT2D eigenvalue weighted by Crippen LogP contribution is -2.20. The highest BCUT2D eigenvalue weighted by atomic mass is 16.6. The summed E-state index contributed by atoms with van der Waals surface area (Å²) in [7, 11) is 0. The standard InChI is InChI=1S/C20H30O6.C13H20O5/c21-19(23-11-13-5-7-15-17(9-13)25-15)3-1-2-4-20(22)24-12-14-6-8-16-18(10-14)26-16;14-12(15)3-1-2-4-13(16)17-8-9-5-6-10-11(7-9)18-10/h13-18H,1-12H2;9-11H,1-8H2,(H,14,15). The van der Waals surface area contributed by atoms with Crippen molar-refractivity contribution in [2.24, 2.45) is 17.8 Å². The van der Waals surface area contributed by atoms with Crippen molar-refractivity contribution < 1.29 is 52.7 Å². The fourth-order valence-electron chi connectivity index (χ4n) is 6.85. The minimum atomic E-state index is -0.815. The van der Waals surface area contributed by atoms with Crippen LogP contribution in [0.5, 0.6) is 0 Å². The summed E-state index contributed by atoms with van der Waals surface area (Å²) in [6.07, 6.45) is 16.0. The number of unbranched alkanes of at least 4 members (excludes halogenated alkanes) is 2. The van der Waals surface area contributed by atoms with E-state index in [1.54, 1.807) is 0 Å². The molecule has 0 aromatic carbocycles. The number of aliphatic carboxylic acids is 1. The Balaban J connectivity index is 0.000000187. The summed E-state index contributed by atoms with van der Waals surface area (Å²) in [6.45, 7) is 1.52. The predicted octanol–water partition coefficient (Wildman–Crippen LogP) is 4.51. The molecular formula is C33H50O11. The zero-order valence-electron chi connectivity index (χ0n) is 25.9. The number of fused-ring (bicyclic) bond motifs is 3. The molecule has 0 aromatic rings. The van der Waals surface area contributed by atoms with Gasteiger partial charge in [-0.1, -0.05) is 0 Å². The molecule has 0 aromatic heterocycles. The van der Waals surface area contributed by atoms with Crippen LogP contribution in [0.4, 0.5) is 0 Å². The van der Waals surface area contributed by atoms with E-state index in [0.29, 0.717) is 119 Å². The summed E-state index contributed by atoms with van der Waals surface area (Å²) in [5.74, 6) is 0.0138. The monoisotopic (exact) mass is 622 g/mol. The lowest BCUT2D eigenvalue weighted by atomic mass is 9.90. The zero-order valence-corrected chi connectivity index (χ0v) is 25.9. The van der Waals surface area contributed by atoms with Crippen molar-refractivity contribution >= 4 is 23.9 Å². The number of hydrogen-bond donors (Lipinski definition) is 1. The van der Waals surface area contributed by atoms with Crippen molar-refractivity contribution in [1.29, 1.82) is 0 Å². The van der Waals surface area contributed by atoms with Crippen LogP contribution in [0.25, 0.3) is 0 Å². The highest BCUT2D eigenvalue weighted by Crippen LogP contribution is 2.41. The van der Waals surface area contributed by atoms with E-state index in [2.05, 4.69) is 0 Å². The van der Waals surface area contributed by atoms with Gasteiger partial charge in [0, 0.05) is 25.7 Å². The normalized spacial score (nSPS) is 34.0. The van der Waals surface area contributed by atoms with Crippen LogP contribution in [-0.2, 0) is 47.6 Å². The molecular weight excluding hydrogens is 572 g/mol. The highest BCUT2D eigenvalue weighted by molar-refractivity contribution is 5.71. The van der Waals surface area contributed by atoms with Crippen molar-refractivity contribution in [3.63, 3.8) is 0 Å². The van der Waals surface area contributed by atoms with Gasteiger partial charge in [0.15, 0.2) is 0 Å². The molecule has 0 spiro atoms. The highest BCUT2D eigenvalue weighted by Gasteiger charge is 2.45. The van der Waals surface area contributed by atoms with Gasteiger partial charge in [0.2, 0.25) is 0 Å². The molecule has 11 nitrogen and oxygen atoms in total. The second kappa shape index (κ2) is 16.4. The predicted molar refractivity (Wildman–Crippen MR) is 155 cm³/mol. The second-order valence-electron chi connectivity index (χ2n) is 13.5. The number of carboxylic acid groups (broad SMARTS) is 1. The molecule has 3 aliphatic heterocycles. The molecule has 0 radical (unpaired) electrons. The van der Waals surface area contributed by atoms with Gasteiger partial charge in [0.25, 0.3) is 0 Å². The SMILES string of the molecule is O=C(CCCCC(=O)OCC1CCC2OC2C1)OCC1CCC2OC2C1.O=C(O)CCCCC(=O)OCC1CCC2OC2C1. The van der Waals surface area contributed by atoms with Crippen LogP contribution in [0, 0.1) is 17.8 Å². The first-order valence-corrected chi connectivity index (χ1v) is 17.0. The van der Waals surface area contributed by atoms with Gasteiger partial charge >= 0.3 is 23.9 Å². The molecule has 3 saturated heterocycles. The molecule has 6 fully saturated rings. The third-order valence-corrected chi connectivity index (χ3v) is 9.81. The molecule has 3 aliphatic carbocycles. The van der Waals surface area contributed by atoms with E-state index in [1.807, 2.05) is 0 Å². The molecule has 9 unspecified atom stereocenters. The molecule has 44 heavy (non-hydrogen) atoms. The Morgan fingerprint density at radius 1 is 0.477 bits per heavy atom. The van der Waals surface area contributed by atoms with E-state index in [9.17, 15) is 19.2 Å². The number of rotatable bonds is 16. The van der Waals surface area contributed by atoms with Gasteiger partial charge in [0.1, 0.15) is 0 Å². The Kier molecular flexibility index (Phi) is 12.3. The van der Waals surface area contributed by atoms with Crippen molar-refractivity contribution in [3.05, 3.63) is 0 Å². The second-order valence-corrected chi connectivity index (χ2v) is 13.5. The molecule has 3 saturated carbocycles. The van der Waals surface area contributed by atoms with E-state index in [-0.39, 0.29) is 24.3 Å². The first-order chi connectivity index (χ1) is 21.3. The fourth-order valence-corrected chi connectivity index (χ4v) is 6.85. The Labute approximate surface area is 260 Å². The molecule has 1 N–H and O–H groups in total. The maximum atomic E-state index is 11.8. The third kappa shape index (κ3) is 11.6. The van der Waals surface area contributed by atoms with Crippen molar-refractivity contribution in [2.45, 2.75) is 146 Å². The average molecular weight is 623 g/mol. The number of carbonyl (C=O) groups is 4. The van der Waals surface area contributed by atoms with E-state index in [1.165, 1.54) is 0 Å². The Hall–Kier alpha value is -2.24. The molecule has 0 bridgehead atoms. The van der Waals surface area contributed by atoms with Gasteiger partial charge in [-0.05, 0) is 101 Å². The van der Waals surface area contributed by atoms with Gasteiger partial charge in [-0.15, -0.1) is 0 Å². The Morgan fingerprint density at radius 2 is 0.795 bits per heavy atom. The first-order valence-electron chi connectivity index (χ1n) is 17.0. The smallest absolute Gasteiger partial charge is 0.305 e.